The Labute approximate surface area is 129 Å². The van der Waals surface area contributed by atoms with E-state index in [2.05, 4.69) is 11.8 Å². The fourth-order valence-corrected chi connectivity index (χ4v) is 2.83. The van der Waals surface area contributed by atoms with Crippen molar-refractivity contribution in [1.29, 1.82) is 0 Å². The smallest absolute Gasteiger partial charge is 0.254 e. The molecular weight excluding hydrogens is 288 g/mol. The number of rotatable bonds is 2. The van der Waals surface area contributed by atoms with E-state index in [0.717, 1.165) is 6.42 Å². The van der Waals surface area contributed by atoms with Crippen molar-refractivity contribution < 1.29 is 9.90 Å². The van der Waals surface area contributed by atoms with Gasteiger partial charge in [0.25, 0.3) is 5.91 Å². The van der Waals surface area contributed by atoms with Crippen molar-refractivity contribution in [2.24, 2.45) is 11.7 Å². The number of halogens is 1. The Morgan fingerprint density at radius 2 is 2.33 bits per heavy atom. The number of hydrogen-bond acceptors (Lipinski definition) is 3. The first-order valence-electron chi connectivity index (χ1n) is 6.98. The largest absolute Gasteiger partial charge is 0.394 e. The average Bonchev–Trinajstić information content (AvgIpc) is 2.86. The summed E-state index contributed by atoms with van der Waals surface area (Å²) in [5.41, 5.74) is 6.51. The van der Waals surface area contributed by atoms with Crippen LogP contribution in [0.2, 0.25) is 5.02 Å². The first kappa shape index (κ1) is 15.8. The maximum Gasteiger partial charge on any atom is 0.254 e. The maximum atomic E-state index is 12.5. The lowest BCUT2D eigenvalue weighted by Gasteiger charge is -2.25. The van der Waals surface area contributed by atoms with Gasteiger partial charge in [0.15, 0.2) is 0 Å². The van der Waals surface area contributed by atoms with Gasteiger partial charge in [0.05, 0.1) is 24.2 Å². The lowest BCUT2D eigenvalue weighted by atomic mass is 10.0. The minimum Gasteiger partial charge on any atom is -0.394 e. The molecule has 0 saturated carbocycles. The molecule has 1 fully saturated rings. The van der Waals surface area contributed by atoms with Crippen LogP contribution in [0.5, 0.6) is 0 Å². The third-order valence-corrected chi connectivity index (χ3v) is 4.18. The van der Waals surface area contributed by atoms with Crippen molar-refractivity contribution >= 4 is 17.5 Å². The van der Waals surface area contributed by atoms with E-state index in [0.29, 0.717) is 28.6 Å². The number of nitrogens with two attached hydrogens (primary N) is 1. The van der Waals surface area contributed by atoms with E-state index in [9.17, 15) is 9.90 Å². The van der Waals surface area contributed by atoms with Gasteiger partial charge < -0.3 is 15.7 Å². The molecule has 1 saturated heterocycles. The van der Waals surface area contributed by atoms with E-state index in [1.54, 1.807) is 23.1 Å². The van der Waals surface area contributed by atoms with Crippen LogP contribution in [0.25, 0.3) is 0 Å². The quantitative estimate of drug-likeness (QED) is 0.814. The monoisotopic (exact) mass is 306 g/mol. The van der Waals surface area contributed by atoms with Gasteiger partial charge in [-0.2, -0.15) is 0 Å². The van der Waals surface area contributed by atoms with Crippen LogP contribution in [0.15, 0.2) is 18.2 Å². The van der Waals surface area contributed by atoms with Gasteiger partial charge in [-0.05, 0) is 30.5 Å². The van der Waals surface area contributed by atoms with Gasteiger partial charge in [0, 0.05) is 17.7 Å². The van der Waals surface area contributed by atoms with Crippen molar-refractivity contribution in [3.8, 4) is 11.8 Å². The van der Waals surface area contributed by atoms with Crippen LogP contribution < -0.4 is 5.73 Å². The minimum absolute atomic E-state index is 0.0132. The summed E-state index contributed by atoms with van der Waals surface area (Å²) in [6.07, 6.45) is 0.907. The Kier molecular flexibility index (Phi) is 5.24. The van der Waals surface area contributed by atoms with Gasteiger partial charge in [-0.1, -0.05) is 30.4 Å². The number of amides is 1. The van der Waals surface area contributed by atoms with Gasteiger partial charge in [-0.15, -0.1) is 0 Å². The van der Waals surface area contributed by atoms with E-state index in [4.69, 9.17) is 17.3 Å². The Bertz CT molecular complexity index is 592. The van der Waals surface area contributed by atoms with E-state index in [1.807, 2.05) is 6.92 Å². The van der Waals surface area contributed by atoms with Crippen LogP contribution in [-0.2, 0) is 0 Å². The second-order valence-corrected chi connectivity index (χ2v) is 5.62. The van der Waals surface area contributed by atoms with Crippen LogP contribution >= 0.6 is 11.6 Å². The van der Waals surface area contributed by atoms with Crippen LogP contribution in [0.4, 0.5) is 0 Å². The standard InChI is InChI=1S/C16H19ClN2O2/c1-11-6-8-19(15(11)10-20)16(21)13-5-4-12(3-2-7-18)14(17)9-13/h4-5,9,11,15,20H,6-8,10,18H2,1H3. The normalized spacial score (nSPS) is 21.0. The molecule has 1 heterocycles. The molecule has 1 amide bonds. The van der Waals surface area contributed by atoms with Crippen molar-refractivity contribution in [3.63, 3.8) is 0 Å². The highest BCUT2D eigenvalue weighted by molar-refractivity contribution is 6.32. The molecule has 0 aromatic heterocycles. The number of likely N-dealkylation sites (tertiary alicyclic amines) is 1. The topological polar surface area (TPSA) is 66.6 Å². The molecular formula is C16H19ClN2O2. The molecule has 4 nitrogen and oxygen atoms in total. The summed E-state index contributed by atoms with van der Waals surface area (Å²) >= 11 is 6.15. The van der Waals surface area contributed by atoms with Crippen LogP contribution in [0.3, 0.4) is 0 Å². The summed E-state index contributed by atoms with van der Waals surface area (Å²) in [6, 6.07) is 4.95. The summed E-state index contributed by atoms with van der Waals surface area (Å²) in [4.78, 5) is 14.3. The zero-order valence-corrected chi connectivity index (χ0v) is 12.7. The van der Waals surface area contributed by atoms with E-state index < -0.39 is 0 Å². The molecule has 5 heteroatoms. The van der Waals surface area contributed by atoms with E-state index >= 15 is 0 Å². The molecule has 0 aliphatic carbocycles. The number of benzene rings is 1. The van der Waals surface area contributed by atoms with Crippen LogP contribution in [-0.4, -0.2) is 41.7 Å². The molecule has 3 N–H and O–H groups in total. The molecule has 112 valence electrons. The molecule has 2 atom stereocenters. The fraction of sp³-hybridized carbons (Fsp3) is 0.438. The Morgan fingerprint density at radius 3 is 2.95 bits per heavy atom. The molecule has 2 unspecified atom stereocenters. The molecule has 21 heavy (non-hydrogen) atoms. The number of nitrogens with zero attached hydrogens (tertiary/aromatic N) is 1. The number of aliphatic hydroxyl groups excluding tert-OH is 1. The Hall–Kier alpha value is -1.54. The van der Waals surface area contributed by atoms with Crippen molar-refractivity contribution in [1.82, 2.24) is 4.90 Å². The Morgan fingerprint density at radius 1 is 1.57 bits per heavy atom. The highest BCUT2D eigenvalue weighted by Crippen LogP contribution is 2.26. The zero-order valence-electron chi connectivity index (χ0n) is 12.0. The SMILES string of the molecule is CC1CCN(C(=O)c2ccc(C#CCN)c(Cl)c2)C1CO. The molecule has 1 aromatic carbocycles. The molecule has 1 aromatic rings. The first-order chi connectivity index (χ1) is 10.1. The maximum absolute atomic E-state index is 12.5. The fourth-order valence-electron chi connectivity index (χ4n) is 2.60. The first-order valence-corrected chi connectivity index (χ1v) is 7.36. The predicted molar refractivity (Wildman–Crippen MR) is 83.1 cm³/mol. The lowest BCUT2D eigenvalue weighted by molar-refractivity contribution is 0.0648. The minimum atomic E-state index is -0.118. The second-order valence-electron chi connectivity index (χ2n) is 5.21. The number of aliphatic hydroxyl groups is 1. The number of carbonyl (C=O) groups is 1. The second kappa shape index (κ2) is 6.95. The van der Waals surface area contributed by atoms with Crippen molar-refractivity contribution in [2.75, 3.05) is 19.7 Å². The number of hydrogen-bond donors (Lipinski definition) is 2. The van der Waals surface area contributed by atoms with Crippen LogP contribution in [0, 0.1) is 17.8 Å². The highest BCUT2D eigenvalue weighted by Gasteiger charge is 2.34. The summed E-state index contributed by atoms with van der Waals surface area (Å²) in [7, 11) is 0. The van der Waals surface area contributed by atoms with Gasteiger partial charge in [0.1, 0.15) is 0 Å². The zero-order chi connectivity index (χ0) is 15.4. The molecule has 0 bridgehead atoms. The summed E-state index contributed by atoms with van der Waals surface area (Å²) < 4.78 is 0. The highest BCUT2D eigenvalue weighted by atomic mass is 35.5. The molecule has 0 radical (unpaired) electrons. The molecule has 1 aliphatic rings. The van der Waals surface area contributed by atoms with Gasteiger partial charge in [-0.25, -0.2) is 0 Å². The third-order valence-electron chi connectivity index (χ3n) is 3.87. The van der Waals surface area contributed by atoms with Crippen molar-refractivity contribution in [3.05, 3.63) is 34.3 Å². The van der Waals surface area contributed by atoms with E-state index in [-0.39, 0.29) is 25.1 Å². The lowest BCUT2D eigenvalue weighted by Crippen LogP contribution is -2.39. The third kappa shape index (κ3) is 3.38. The van der Waals surface area contributed by atoms with Crippen LogP contribution in [0.1, 0.15) is 29.3 Å². The molecule has 0 spiro atoms. The van der Waals surface area contributed by atoms with Gasteiger partial charge in [-0.3, -0.25) is 4.79 Å². The average molecular weight is 307 g/mol. The number of carbonyl (C=O) groups excluding carboxylic acids is 1. The molecule has 2 rings (SSSR count). The van der Waals surface area contributed by atoms with E-state index in [1.165, 1.54) is 0 Å². The summed E-state index contributed by atoms with van der Waals surface area (Å²) in [5.74, 6) is 5.81. The van der Waals surface area contributed by atoms with Gasteiger partial charge in [0.2, 0.25) is 0 Å². The summed E-state index contributed by atoms with van der Waals surface area (Å²) in [5, 5.41) is 9.89. The molecule has 1 aliphatic heterocycles. The Balaban J connectivity index is 2.22. The summed E-state index contributed by atoms with van der Waals surface area (Å²) in [6.45, 7) is 2.96. The predicted octanol–water partition coefficient (Wildman–Crippen LogP) is 1.49. The van der Waals surface area contributed by atoms with Gasteiger partial charge >= 0.3 is 0 Å². The van der Waals surface area contributed by atoms with Crippen molar-refractivity contribution in [2.45, 2.75) is 19.4 Å².